The summed E-state index contributed by atoms with van der Waals surface area (Å²) >= 11 is 11.7. The molecule has 6 heteroatoms. The lowest BCUT2D eigenvalue weighted by Crippen LogP contribution is -2.14. The zero-order chi connectivity index (χ0) is 14.9. The zero-order valence-corrected chi connectivity index (χ0v) is 12.4. The van der Waals surface area contributed by atoms with Crippen molar-refractivity contribution in [3.63, 3.8) is 0 Å². The highest BCUT2D eigenvalue weighted by Crippen LogP contribution is 2.28. The molecule has 1 heterocycles. The summed E-state index contributed by atoms with van der Waals surface area (Å²) in [6.45, 7) is 3.47. The third kappa shape index (κ3) is 2.86. The molecule has 0 aliphatic carbocycles. The van der Waals surface area contributed by atoms with Gasteiger partial charge in [-0.1, -0.05) is 35.3 Å². The first-order chi connectivity index (χ1) is 9.40. The van der Waals surface area contributed by atoms with Crippen LogP contribution in [0.5, 0.6) is 5.75 Å². The lowest BCUT2D eigenvalue weighted by molar-refractivity contribution is 0.102. The number of carbonyl (C=O) groups is 1. The second kappa shape index (κ2) is 5.69. The predicted molar refractivity (Wildman–Crippen MR) is 79.8 cm³/mol. The Hall–Kier alpha value is -1.78. The van der Waals surface area contributed by atoms with Crippen LogP contribution in [0, 0.1) is 13.8 Å². The van der Waals surface area contributed by atoms with Crippen LogP contribution in [0.4, 0.5) is 5.69 Å². The number of aromatic nitrogens is 1. The van der Waals surface area contributed by atoms with E-state index in [4.69, 9.17) is 23.2 Å². The Morgan fingerprint density at radius 3 is 2.60 bits per heavy atom. The molecule has 0 unspecified atom stereocenters. The molecule has 0 saturated carbocycles. The van der Waals surface area contributed by atoms with Crippen molar-refractivity contribution in [3.8, 4) is 5.75 Å². The van der Waals surface area contributed by atoms with E-state index in [1.807, 2.05) is 0 Å². The van der Waals surface area contributed by atoms with Gasteiger partial charge in [0.2, 0.25) is 0 Å². The van der Waals surface area contributed by atoms with Crippen LogP contribution in [0.2, 0.25) is 10.3 Å². The highest BCUT2D eigenvalue weighted by molar-refractivity contribution is 6.35. The topological polar surface area (TPSA) is 62.2 Å². The summed E-state index contributed by atoms with van der Waals surface area (Å²) in [6, 6.07) is 6.54. The van der Waals surface area contributed by atoms with Crippen LogP contribution in [-0.2, 0) is 0 Å². The average Bonchev–Trinajstić information content (AvgIpc) is 2.36. The van der Waals surface area contributed by atoms with Crippen LogP contribution in [0.15, 0.2) is 24.3 Å². The van der Waals surface area contributed by atoms with Gasteiger partial charge >= 0.3 is 0 Å². The molecular formula is C14H12Cl2N2O2. The molecule has 0 aliphatic heterocycles. The third-order valence-electron chi connectivity index (χ3n) is 2.86. The molecule has 0 fully saturated rings. The Labute approximate surface area is 126 Å². The van der Waals surface area contributed by atoms with E-state index in [2.05, 4.69) is 10.3 Å². The quantitative estimate of drug-likeness (QED) is 0.825. The molecule has 0 atom stereocenters. The van der Waals surface area contributed by atoms with E-state index >= 15 is 0 Å². The van der Waals surface area contributed by atoms with Gasteiger partial charge in [0.1, 0.15) is 10.9 Å². The fourth-order valence-electron chi connectivity index (χ4n) is 1.77. The summed E-state index contributed by atoms with van der Waals surface area (Å²) in [5, 5.41) is 12.9. The number of aromatic hydroxyl groups is 1. The number of nitrogens with one attached hydrogen (secondary N) is 1. The monoisotopic (exact) mass is 310 g/mol. The van der Waals surface area contributed by atoms with E-state index in [9.17, 15) is 9.90 Å². The van der Waals surface area contributed by atoms with E-state index < -0.39 is 5.91 Å². The van der Waals surface area contributed by atoms with Crippen LogP contribution in [0.1, 0.15) is 21.5 Å². The van der Waals surface area contributed by atoms with E-state index in [0.29, 0.717) is 16.8 Å². The molecule has 0 bridgehead atoms. The number of hydrogen-bond acceptors (Lipinski definition) is 3. The van der Waals surface area contributed by atoms with Crippen molar-refractivity contribution in [2.24, 2.45) is 0 Å². The molecule has 2 rings (SSSR count). The van der Waals surface area contributed by atoms with Gasteiger partial charge in [0.05, 0.1) is 11.3 Å². The standard InChI is InChI=1S/C14H12Cl2N2O2/c1-7-4-3-5-9(12(7)19)14(20)18-11-8(2)6-10(15)17-13(11)16/h3-6,19H,1-2H3,(H,18,20). The number of hydrogen-bond donors (Lipinski definition) is 2. The number of benzene rings is 1. The smallest absolute Gasteiger partial charge is 0.259 e. The molecule has 4 nitrogen and oxygen atoms in total. The number of rotatable bonds is 2. The Bertz CT molecular complexity index is 664. The van der Waals surface area contributed by atoms with Gasteiger partial charge in [0, 0.05) is 0 Å². The number of nitrogens with zero attached hydrogens (tertiary/aromatic N) is 1. The first-order valence-electron chi connectivity index (χ1n) is 5.82. The maximum Gasteiger partial charge on any atom is 0.259 e. The van der Waals surface area contributed by atoms with Crippen LogP contribution >= 0.6 is 23.2 Å². The predicted octanol–water partition coefficient (Wildman–Crippen LogP) is 3.96. The number of aryl methyl sites for hydroxylation is 2. The van der Waals surface area contributed by atoms with Gasteiger partial charge in [-0.15, -0.1) is 0 Å². The maximum absolute atomic E-state index is 12.2. The summed E-state index contributed by atoms with van der Waals surface area (Å²) in [4.78, 5) is 16.1. The molecule has 0 aliphatic rings. The van der Waals surface area contributed by atoms with Crippen molar-refractivity contribution < 1.29 is 9.90 Å². The fraction of sp³-hybridized carbons (Fsp3) is 0.143. The number of amides is 1. The van der Waals surface area contributed by atoms with Gasteiger partial charge in [-0.25, -0.2) is 4.98 Å². The van der Waals surface area contributed by atoms with E-state index in [1.54, 1.807) is 32.0 Å². The largest absolute Gasteiger partial charge is 0.507 e. The van der Waals surface area contributed by atoms with Crippen LogP contribution < -0.4 is 5.32 Å². The fourth-order valence-corrected chi connectivity index (χ4v) is 2.35. The second-order valence-corrected chi connectivity index (χ2v) is 5.10. The Morgan fingerprint density at radius 1 is 1.25 bits per heavy atom. The lowest BCUT2D eigenvalue weighted by Gasteiger charge is -2.11. The van der Waals surface area contributed by atoms with E-state index in [1.165, 1.54) is 6.07 Å². The van der Waals surface area contributed by atoms with Crippen molar-refractivity contribution in [2.75, 3.05) is 5.32 Å². The van der Waals surface area contributed by atoms with Crippen LogP contribution in [0.3, 0.4) is 0 Å². The van der Waals surface area contributed by atoms with Crippen molar-refractivity contribution >= 4 is 34.8 Å². The summed E-state index contributed by atoms with van der Waals surface area (Å²) in [7, 11) is 0. The van der Waals surface area contributed by atoms with Crippen LogP contribution in [0.25, 0.3) is 0 Å². The number of carbonyl (C=O) groups excluding carboxylic acids is 1. The van der Waals surface area contributed by atoms with Crippen molar-refractivity contribution in [1.82, 2.24) is 4.98 Å². The van der Waals surface area contributed by atoms with Gasteiger partial charge in [-0.2, -0.15) is 0 Å². The Balaban J connectivity index is 2.36. The third-order valence-corrected chi connectivity index (χ3v) is 3.33. The first kappa shape index (κ1) is 14.6. The van der Waals surface area contributed by atoms with Gasteiger partial charge in [-0.05, 0) is 37.1 Å². The lowest BCUT2D eigenvalue weighted by atomic mass is 10.1. The summed E-state index contributed by atoms with van der Waals surface area (Å²) in [5.74, 6) is -0.513. The minimum absolute atomic E-state index is 0.0549. The van der Waals surface area contributed by atoms with E-state index in [-0.39, 0.29) is 21.6 Å². The molecular weight excluding hydrogens is 299 g/mol. The van der Waals surface area contributed by atoms with Gasteiger partial charge in [0.25, 0.3) is 5.91 Å². The molecule has 0 spiro atoms. The normalized spacial score (nSPS) is 10.4. The molecule has 20 heavy (non-hydrogen) atoms. The molecule has 2 N–H and O–H groups in total. The van der Waals surface area contributed by atoms with Gasteiger partial charge in [-0.3, -0.25) is 4.79 Å². The minimum atomic E-state index is -0.458. The number of pyridine rings is 1. The van der Waals surface area contributed by atoms with Crippen molar-refractivity contribution in [2.45, 2.75) is 13.8 Å². The molecule has 2 aromatic rings. The maximum atomic E-state index is 12.2. The van der Waals surface area contributed by atoms with Crippen molar-refractivity contribution in [3.05, 3.63) is 51.3 Å². The molecule has 1 aromatic carbocycles. The highest BCUT2D eigenvalue weighted by atomic mass is 35.5. The number of anilines is 1. The SMILES string of the molecule is Cc1cccc(C(=O)Nc2c(C)cc(Cl)nc2Cl)c1O. The number of halogens is 2. The Morgan fingerprint density at radius 2 is 1.95 bits per heavy atom. The summed E-state index contributed by atoms with van der Waals surface area (Å²) < 4.78 is 0. The zero-order valence-electron chi connectivity index (χ0n) is 10.9. The number of phenolic OH excluding ortho intramolecular Hbond substituents is 1. The second-order valence-electron chi connectivity index (χ2n) is 4.35. The first-order valence-corrected chi connectivity index (χ1v) is 6.58. The molecule has 0 saturated heterocycles. The Kier molecular flexibility index (Phi) is 4.16. The highest BCUT2D eigenvalue weighted by Gasteiger charge is 2.16. The summed E-state index contributed by atoms with van der Waals surface area (Å²) in [5.41, 5.74) is 1.86. The summed E-state index contributed by atoms with van der Waals surface area (Å²) in [6.07, 6.45) is 0. The number of phenols is 1. The average molecular weight is 311 g/mol. The van der Waals surface area contributed by atoms with E-state index in [0.717, 1.165) is 0 Å². The molecule has 0 radical (unpaired) electrons. The minimum Gasteiger partial charge on any atom is -0.507 e. The van der Waals surface area contributed by atoms with Gasteiger partial charge < -0.3 is 10.4 Å². The van der Waals surface area contributed by atoms with Gasteiger partial charge in [0.15, 0.2) is 5.15 Å². The molecule has 104 valence electrons. The van der Waals surface area contributed by atoms with Crippen LogP contribution in [-0.4, -0.2) is 16.0 Å². The molecule has 1 aromatic heterocycles. The molecule has 1 amide bonds. The van der Waals surface area contributed by atoms with Crippen molar-refractivity contribution in [1.29, 1.82) is 0 Å². The number of para-hydroxylation sites is 1.